The normalized spacial score (nSPS) is 26.7. The van der Waals surface area contributed by atoms with Crippen LogP contribution in [0.3, 0.4) is 0 Å². The zero-order valence-corrected chi connectivity index (χ0v) is 20.3. The fourth-order valence-corrected chi connectivity index (χ4v) is 7.44. The van der Waals surface area contributed by atoms with Crippen LogP contribution in [0.4, 0.5) is 11.4 Å². The Bertz CT molecular complexity index is 1170. The number of hydrogen-bond donors (Lipinski definition) is 2. The van der Waals surface area contributed by atoms with Crippen LogP contribution in [0, 0.1) is 23.2 Å². The van der Waals surface area contributed by atoms with E-state index in [0.29, 0.717) is 29.6 Å². The Balaban J connectivity index is 1.02. The molecule has 7 rings (SSSR count). The fourth-order valence-electron chi connectivity index (χ4n) is 7.44. The summed E-state index contributed by atoms with van der Waals surface area (Å²) in [6.07, 6.45) is 12.9. The molecule has 2 aromatic carbocycles. The summed E-state index contributed by atoms with van der Waals surface area (Å²) in [5.41, 5.74) is 10.9. The lowest BCUT2D eigenvalue weighted by Gasteiger charge is -2.57. The van der Waals surface area contributed by atoms with Crippen molar-refractivity contribution in [2.45, 2.75) is 64.3 Å². The topological polar surface area (TPSA) is 85.8 Å². The Morgan fingerprint density at radius 2 is 1.71 bits per heavy atom. The molecule has 3 N–H and O–H groups in total. The van der Waals surface area contributed by atoms with Crippen molar-refractivity contribution in [3.63, 3.8) is 0 Å². The highest BCUT2D eigenvalue weighted by molar-refractivity contribution is 5.95. The maximum absolute atomic E-state index is 12.7. The standard InChI is InChI=1S/C29H35N5O/c30-26-8-6-24(23-4-2-1-3-5-23)15-27(26)31-28(35)9-7-25-19-34(33-32-25)11-10-29-16-20-12-21(17-29)14-22(13-20)18-29/h1-6,8,15,19-22H,7,9-14,16-18,30H2,(H,31,35). The van der Waals surface area contributed by atoms with Gasteiger partial charge in [0.1, 0.15) is 0 Å². The molecule has 35 heavy (non-hydrogen) atoms. The van der Waals surface area contributed by atoms with Gasteiger partial charge in [-0.05, 0) is 91.4 Å². The van der Waals surface area contributed by atoms with Crippen LogP contribution in [0.15, 0.2) is 54.7 Å². The number of carbonyl (C=O) groups is 1. The second-order valence-electron chi connectivity index (χ2n) is 11.4. The van der Waals surface area contributed by atoms with E-state index in [1.807, 2.05) is 59.4 Å². The molecule has 4 bridgehead atoms. The molecule has 182 valence electrons. The van der Waals surface area contributed by atoms with Gasteiger partial charge in [-0.1, -0.05) is 41.6 Å². The number of aromatic nitrogens is 3. The third-order valence-corrected chi connectivity index (χ3v) is 8.67. The van der Waals surface area contributed by atoms with Crippen LogP contribution in [-0.4, -0.2) is 20.9 Å². The van der Waals surface area contributed by atoms with Gasteiger partial charge in [0.2, 0.25) is 5.91 Å². The molecule has 0 radical (unpaired) electrons. The highest BCUT2D eigenvalue weighted by Crippen LogP contribution is 2.61. The number of anilines is 2. The number of hydrogen-bond acceptors (Lipinski definition) is 4. The number of benzene rings is 2. The zero-order valence-electron chi connectivity index (χ0n) is 20.3. The van der Waals surface area contributed by atoms with Gasteiger partial charge >= 0.3 is 0 Å². The summed E-state index contributed by atoms with van der Waals surface area (Å²) >= 11 is 0. The smallest absolute Gasteiger partial charge is 0.224 e. The summed E-state index contributed by atoms with van der Waals surface area (Å²) in [6.45, 7) is 0.939. The van der Waals surface area contributed by atoms with Crippen LogP contribution in [0.1, 0.15) is 57.1 Å². The number of aryl methyl sites for hydroxylation is 2. The highest BCUT2D eigenvalue weighted by atomic mass is 16.1. The molecular weight excluding hydrogens is 434 g/mol. The number of nitrogens with one attached hydrogen (secondary N) is 1. The van der Waals surface area contributed by atoms with E-state index in [0.717, 1.165) is 41.1 Å². The van der Waals surface area contributed by atoms with Crippen molar-refractivity contribution in [2.24, 2.45) is 23.2 Å². The maximum atomic E-state index is 12.7. The Morgan fingerprint density at radius 1 is 1.00 bits per heavy atom. The van der Waals surface area contributed by atoms with E-state index in [2.05, 4.69) is 15.6 Å². The second kappa shape index (κ2) is 9.14. The summed E-state index contributed by atoms with van der Waals surface area (Å²) in [4.78, 5) is 12.7. The number of nitrogens with zero attached hydrogens (tertiary/aromatic N) is 3. The first-order valence-electron chi connectivity index (χ1n) is 13.2. The fraction of sp³-hybridized carbons (Fsp3) is 0.483. The minimum absolute atomic E-state index is 0.0648. The summed E-state index contributed by atoms with van der Waals surface area (Å²) in [5, 5.41) is 11.7. The summed E-state index contributed by atoms with van der Waals surface area (Å²) in [6, 6.07) is 15.8. The number of amides is 1. The number of nitrogen functional groups attached to an aromatic ring is 1. The van der Waals surface area contributed by atoms with Crippen LogP contribution >= 0.6 is 0 Å². The lowest BCUT2D eigenvalue weighted by Crippen LogP contribution is -2.46. The van der Waals surface area contributed by atoms with Crippen molar-refractivity contribution in [2.75, 3.05) is 11.1 Å². The minimum atomic E-state index is -0.0648. The Morgan fingerprint density at radius 3 is 2.43 bits per heavy atom. The molecular formula is C29H35N5O. The molecule has 0 unspecified atom stereocenters. The molecule has 0 atom stereocenters. The van der Waals surface area contributed by atoms with E-state index in [1.165, 1.54) is 44.9 Å². The van der Waals surface area contributed by atoms with Crippen LogP contribution in [-0.2, 0) is 17.8 Å². The summed E-state index contributed by atoms with van der Waals surface area (Å²) < 4.78 is 1.99. The molecule has 6 nitrogen and oxygen atoms in total. The van der Waals surface area contributed by atoms with Crippen molar-refractivity contribution in [1.29, 1.82) is 0 Å². The molecule has 1 aromatic heterocycles. The van der Waals surface area contributed by atoms with Gasteiger partial charge < -0.3 is 11.1 Å². The zero-order chi connectivity index (χ0) is 23.8. The SMILES string of the molecule is Nc1ccc(-c2ccccc2)cc1NC(=O)CCc1cn(CCC23CC4CC(CC(C4)C2)C3)nn1. The van der Waals surface area contributed by atoms with E-state index in [-0.39, 0.29) is 5.91 Å². The molecule has 1 heterocycles. The second-order valence-corrected chi connectivity index (χ2v) is 11.4. The molecule has 0 aliphatic heterocycles. The van der Waals surface area contributed by atoms with E-state index in [9.17, 15) is 4.79 Å². The summed E-state index contributed by atoms with van der Waals surface area (Å²) in [5.74, 6) is 2.88. The average molecular weight is 470 g/mol. The minimum Gasteiger partial charge on any atom is -0.397 e. The molecule has 4 aliphatic rings. The van der Waals surface area contributed by atoms with Gasteiger partial charge in [-0.25, -0.2) is 0 Å². The Kier molecular flexibility index (Phi) is 5.83. The maximum Gasteiger partial charge on any atom is 0.224 e. The molecule has 0 spiro atoms. The monoisotopic (exact) mass is 469 g/mol. The molecule has 3 aromatic rings. The number of rotatable bonds is 8. The van der Waals surface area contributed by atoms with Gasteiger partial charge in [0.05, 0.1) is 17.1 Å². The molecule has 4 saturated carbocycles. The van der Waals surface area contributed by atoms with E-state index in [4.69, 9.17) is 5.73 Å². The van der Waals surface area contributed by atoms with Gasteiger partial charge in [0.15, 0.2) is 0 Å². The molecule has 0 saturated heterocycles. The highest BCUT2D eigenvalue weighted by Gasteiger charge is 2.50. The molecule has 4 aliphatic carbocycles. The van der Waals surface area contributed by atoms with Crippen molar-refractivity contribution in [1.82, 2.24) is 15.0 Å². The van der Waals surface area contributed by atoms with Gasteiger partial charge in [-0.2, -0.15) is 0 Å². The van der Waals surface area contributed by atoms with Gasteiger partial charge in [-0.3, -0.25) is 9.48 Å². The van der Waals surface area contributed by atoms with E-state index in [1.54, 1.807) is 0 Å². The van der Waals surface area contributed by atoms with Crippen molar-refractivity contribution >= 4 is 17.3 Å². The Labute approximate surface area is 207 Å². The first-order chi connectivity index (χ1) is 17.0. The van der Waals surface area contributed by atoms with Gasteiger partial charge in [-0.15, -0.1) is 5.10 Å². The largest absolute Gasteiger partial charge is 0.397 e. The van der Waals surface area contributed by atoms with Crippen LogP contribution in [0.5, 0.6) is 0 Å². The van der Waals surface area contributed by atoms with Gasteiger partial charge in [0.25, 0.3) is 0 Å². The average Bonchev–Trinajstić information content (AvgIpc) is 3.31. The lowest BCUT2D eigenvalue weighted by atomic mass is 9.49. The van der Waals surface area contributed by atoms with E-state index < -0.39 is 0 Å². The van der Waals surface area contributed by atoms with Crippen molar-refractivity contribution in [3.05, 3.63) is 60.4 Å². The van der Waals surface area contributed by atoms with Gasteiger partial charge in [0, 0.05) is 25.6 Å². The summed E-state index contributed by atoms with van der Waals surface area (Å²) in [7, 11) is 0. The lowest BCUT2D eigenvalue weighted by molar-refractivity contribution is -0.116. The first kappa shape index (κ1) is 22.3. The third kappa shape index (κ3) is 4.84. The Hall–Kier alpha value is -3.15. The molecule has 4 fully saturated rings. The quantitative estimate of drug-likeness (QED) is 0.414. The molecule has 6 heteroatoms. The predicted octanol–water partition coefficient (Wildman–Crippen LogP) is 5.71. The number of carbonyl (C=O) groups excluding carboxylic acids is 1. The van der Waals surface area contributed by atoms with Crippen molar-refractivity contribution < 1.29 is 4.79 Å². The predicted molar refractivity (Wildman–Crippen MR) is 138 cm³/mol. The molecule has 1 amide bonds. The first-order valence-corrected chi connectivity index (χ1v) is 13.2. The van der Waals surface area contributed by atoms with Crippen LogP contribution < -0.4 is 11.1 Å². The third-order valence-electron chi connectivity index (χ3n) is 8.67. The van der Waals surface area contributed by atoms with Crippen LogP contribution in [0.25, 0.3) is 11.1 Å². The van der Waals surface area contributed by atoms with E-state index >= 15 is 0 Å². The van der Waals surface area contributed by atoms with Crippen LogP contribution in [0.2, 0.25) is 0 Å². The number of nitrogens with two attached hydrogens (primary N) is 1. The van der Waals surface area contributed by atoms with Crippen molar-refractivity contribution in [3.8, 4) is 11.1 Å².